The third-order valence-electron chi connectivity index (χ3n) is 11.1. The predicted molar refractivity (Wildman–Crippen MR) is 249 cm³/mol. The molecule has 4 saturated heterocycles. The maximum Gasteiger partial charge on any atom is 0.321 e. The molecule has 66 heavy (non-hydrogen) atoms. The average Bonchev–Trinajstić information content (AvgIpc) is 4.11. The summed E-state index contributed by atoms with van der Waals surface area (Å²) in [5.41, 5.74) is 7.01. The van der Waals surface area contributed by atoms with Crippen molar-refractivity contribution in [3.05, 3.63) is 72.2 Å². The maximum atomic E-state index is 14.6. The van der Waals surface area contributed by atoms with E-state index in [1.807, 2.05) is 27.7 Å². The van der Waals surface area contributed by atoms with Crippen LogP contribution in [-0.2, 0) is 9.47 Å². The first kappa shape index (κ1) is 47.8. The number of nitrogens with zero attached hydrogens (tertiary/aromatic N) is 11. The fourth-order valence-corrected chi connectivity index (χ4v) is 8.44. The number of Topliss-reactive ketones (excluding diaryl/α,β-unsaturated/α-hetero) is 1. The summed E-state index contributed by atoms with van der Waals surface area (Å²) < 4.78 is 41.1. The maximum absolute atomic E-state index is 14.6. The number of benzene rings is 2. The minimum Gasteiger partial charge on any atom is -0.372 e. The molecule has 22 heteroatoms. The van der Waals surface area contributed by atoms with Crippen LogP contribution in [0.3, 0.4) is 0 Å². The first-order chi connectivity index (χ1) is 31.7. The van der Waals surface area contributed by atoms with Crippen molar-refractivity contribution in [2.24, 2.45) is 0 Å². The SMILES string of the molecule is C[C@@H]1CN(c2cnc(N)nn2)C[C@H](C)O1.C[C@@H]1CN(c2cnc3nc(-c4cc(NC(=O)N5CCCC5)ccc4F)cn3n2)C[C@H](C)O1.O=C(CBr)c1cc(NC(=O)N2CCCC2)ccc1F. The van der Waals surface area contributed by atoms with Gasteiger partial charge in [-0.15, -0.1) is 15.3 Å². The highest BCUT2D eigenvalue weighted by atomic mass is 79.9. The molecule has 3 aromatic heterocycles. The minimum absolute atomic E-state index is 0.0175. The summed E-state index contributed by atoms with van der Waals surface area (Å²) in [7, 11) is 0. The molecule has 0 radical (unpaired) electrons. The van der Waals surface area contributed by atoms with E-state index in [0.29, 0.717) is 22.8 Å². The molecule has 4 N–H and O–H groups in total. The van der Waals surface area contributed by atoms with Crippen LogP contribution >= 0.6 is 15.9 Å². The van der Waals surface area contributed by atoms with E-state index in [4.69, 9.17) is 15.2 Å². The summed E-state index contributed by atoms with van der Waals surface area (Å²) in [5, 5.41) is 18.0. The van der Waals surface area contributed by atoms with Gasteiger partial charge in [-0.05, 0) is 89.8 Å². The molecule has 0 unspecified atom stereocenters. The van der Waals surface area contributed by atoms with Crippen LogP contribution in [0.2, 0.25) is 0 Å². The fourth-order valence-electron chi connectivity index (χ4n) is 8.14. The van der Waals surface area contributed by atoms with Gasteiger partial charge in [0, 0.05) is 69.3 Å². The number of ether oxygens (including phenoxy) is 2. The second kappa shape index (κ2) is 21.9. The lowest BCUT2D eigenvalue weighted by Gasteiger charge is -2.35. The first-order valence-electron chi connectivity index (χ1n) is 22.0. The fraction of sp³-hybridized carbons (Fsp3) is 0.477. The van der Waals surface area contributed by atoms with Crippen molar-refractivity contribution in [1.29, 1.82) is 0 Å². The Labute approximate surface area is 389 Å². The molecular formula is C44H55BrF2N14O5. The molecule has 4 aliphatic heterocycles. The Morgan fingerprint density at radius 2 is 1.24 bits per heavy atom. The van der Waals surface area contributed by atoms with E-state index in [1.165, 1.54) is 24.3 Å². The molecule has 4 aliphatic rings. The molecule has 4 fully saturated rings. The van der Waals surface area contributed by atoms with E-state index in [2.05, 4.69) is 66.6 Å². The number of alkyl halides is 1. The zero-order valence-corrected chi connectivity index (χ0v) is 39.0. The van der Waals surface area contributed by atoms with Crippen molar-refractivity contribution in [2.45, 2.75) is 77.8 Å². The molecule has 9 rings (SSSR count). The summed E-state index contributed by atoms with van der Waals surface area (Å²) in [6.45, 7) is 14.2. The highest BCUT2D eigenvalue weighted by Gasteiger charge is 2.26. The number of morpholine rings is 2. The zero-order valence-electron chi connectivity index (χ0n) is 37.4. The summed E-state index contributed by atoms with van der Waals surface area (Å²) >= 11 is 3.00. The molecule has 7 heterocycles. The van der Waals surface area contributed by atoms with Gasteiger partial charge in [-0.2, -0.15) is 0 Å². The molecular weight excluding hydrogens is 922 g/mol. The van der Waals surface area contributed by atoms with E-state index in [1.54, 1.807) is 45.0 Å². The van der Waals surface area contributed by atoms with Crippen LogP contribution in [0.4, 0.5) is 47.3 Å². The number of rotatable bonds is 7. The van der Waals surface area contributed by atoms with Crippen molar-refractivity contribution < 1.29 is 32.6 Å². The number of hydrogen-bond donors (Lipinski definition) is 3. The third kappa shape index (κ3) is 12.4. The standard InChI is InChI=1S/C22H26FN7O2.C13H14BrFN2O2.C9H15N5O/c1-14-11-29(12-15(2)32-14)20-10-24-21-26-19(13-30(21)27-20)17-9-16(5-6-18(17)23)25-22(31)28-7-3-4-8-28;14-8-12(18)10-7-9(3-4-11(10)15)16-13(19)17-5-1-2-6-17;1-6-4-14(5-7(2)15-6)8-3-11-9(10)13-12-8/h5-6,9-10,13-15H,3-4,7-8,11-12H2,1-2H3,(H,25,31);3-4,7H,1-2,5-6,8H2,(H,16,19);3,6-7H,4-5H2,1-2H3,(H2,10,11,13)/t14-,15+;;6-,7+. The van der Waals surface area contributed by atoms with E-state index in [0.717, 1.165) is 89.7 Å². The molecule has 0 bridgehead atoms. The van der Waals surface area contributed by atoms with E-state index < -0.39 is 11.6 Å². The van der Waals surface area contributed by atoms with Crippen molar-refractivity contribution in [1.82, 2.24) is 44.6 Å². The molecule has 352 valence electrons. The predicted octanol–water partition coefficient (Wildman–Crippen LogP) is 6.27. The number of anilines is 5. The Balaban J connectivity index is 0.000000162. The average molecular weight is 978 g/mol. The number of ketones is 1. The van der Waals surface area contributed by atoms with Crippen LogP contribution in [-0.4, -0.2) is 145 Å². The number of nitrogens with one attached hydrogen (secondary N) is 2. The number of nitrogen functional groups attached to an aromatic ring is 1. The van der Waals surface area contributed by atoms with Crippen molar-refractivity contribution >= 4 is 68.5 Å². The largest absolute Gasteiger partial charge is 0.372 e. The molecule has 2 aromatic carbocycles. The van der Waals surface area contributed by atoms with Crippen LogP contribution in [0.25, 0.3) is 17.0 Å². The number of aromatic nitrogens is 7. The number of likely N-dealkylation sites (tertiary alicyclic amines) is 2. The van der Waals surface area contributed by atoms with Crippen molar-refractivity contribution in [3.63, 3.8) is 0 Å². The van der Waals surface area contributed by atoms with Crippen LogP contribution < -0.4 is 26.2 Å². The molecule has 0 spiro atoms. The van der Waals surface area contributed by atoms with E-state index >= 15 is 0 Å². The minimum atomic E-state index is -0.580. The van der Waals surface area contributed by atoms with Gasteiger partial charge >= 0.3 is 12.1 Å². The molecule has 5 aromatic rings. The third-order valence-corrected chi connectivity index (χ3v) is 11.7. The second-order valence-electron chi connectivity index (χ2n) is 16.7. The monoisotopic (exact) mass is 976 g/mol. The lowest BCUT2D eigenvalue weighted by molar-refractivity contribution is -0.00579. The van der Waals surface area contributed by atoms with Crippen LogP contribution in [0.15, 0.2) is 55.0 Å². The number of amides is 4. The van der Waals surface area contributed by atoms with Gasteiger partial charge in [0.25, 0.3) is 5.78 Å². The number of hydrogen-bond acceptors (Lipinski definition) is 14. The van der Waals surface area contributed by atoms with Gasteiger partial charge < -0.3 is 45.4 Å². The van der Waals surface area contributed by atoms with Gasteiger partial charge in [0.15, 0.2) is 17.4 Å². The van der Waals surface area contributed by atoms with Gasteiger partial charge in [-0.1, -0.05) is 15.9 Å². The quantitative estimate of drug-likeness (QED) is 0.121. The number of carbonyl (C=O) groups excluding carboxylic acids is 3. The Morgan fingerprint density at radius 1 is 0.727 bits per heavy atom. The summed E-state index contributed by atoms with van der Waals surface area (Å²) in [5.74, 6) is 0.695. The number of urea groups is 2. The van der Waals surface area contributed by atoms with E-state index in [-0.39, 0.29) is 64.7 Å². The van der Waals surface area contributed by atoms with Gasteiger partial charge in [0.2, 0.25) is 5.95 Å². The normalized spacial score (nSPS) is 20.6. The van der Waals surface area contributed by atoms with Crippen LogP contribution in [0.5, 0.6) is 0 Å². The highest BCUT2D eigenvalue weighted by molar-refractivity contribution is 9.09. The Kier molecular flexibility index (Phi) is 15.9. The Bertz CT molecular complexity index is 2450. The zero-order chi connectivity index (χ0) is 46.9. The smallest absolute Gasteiger partial charge is 0.321 e. The summed E-state index contributed by atoms with van der Waals surface area (Å²) in [6, 6.07) is 8.12. The number of halogens is 3. The lowest BCUT2D eigenvalue weighted by Crippen LogP contribution is -2.46. The van der Waals surface area contributed by atoms with Crippen molar-refractivity contribution in [2.75, 3.05) is 83.9 Å². The van der Waals surface area contributed by atoms with Crippen LogP contribution in [0, 0.1) is 11.6 Å². The topological polar surface area (TPSA) is 214 Å². The summed E-state index contributed by atoms with van der Waals surface area (Å²) in [4.78, 5) is 56.3. The molecule has 0 aliphatic carbocycles. The molecule has 4 amide bonds. The number of carbonyl (C=O) groups is 3. The van der Waals surface area contributed by atoms with Gasteiger partial charge in [-0.3, -0.25) is 4.79 Å². The van der Waals surface area contributed by atoms with Crippen molar-refractivity contribution in [3.8, 4) is 11.3 Å². The number of fused-ring (bicyclic) bond motifs is 1. The van der Waals surface area contributed by atoms with Gasteiger partial charge in [0.05, 0.1) is 59.6 Å². The number of imidazole rings is 1. The van der Waals surface area contributed by atoms with Crippen LogP contribution in [0.1, 0.15) is 63.7 Å². The summed E-state index contributed by atoms with van der Waals surface area (Å²) in [6.07, 6.45) is 9.61. The first-order valence-corrected chi connectivity index (χ1v) is 23.1. The molecule has 19 nitrogen and oxygen atoms in total. The Morgan fingerprint density at radius 3 is 1.77 bits per heavy atom. The molecule has 0 saturated carbocycles. The van der Waals surface area contributed by atoms with E-state index in [9.17, 15) is 23.2 Å². The number of nitrogens with two attached hydrogens (primary N) is 1. The lowest BCUT2D eigenvalue weighted by atomic mass is 10.1. The second-order valence-corrected chi connectivity index (χ2v) is 17.2. The van der Waals surface area contributed by atoms with Gasteiger partial charge in [0.1, 0.15) is 11.6 Å². The highest BCUT2D eigenvalue weighted by Crippen LogP contribution is 2.27. The van der Waals surface area contributed by atoms with Gasteiger partial charge in [-0.25, -0.2) is 37.8 Å². The Hall–Kier alpha value is -6.13. The molecule has 4 atom stereocenters.